The number of hydrazine groups is 1. The van der Waals surface area contributed by atoms with E-state index in [0.29, 0.717) is 10.6 Å². The van der Waals surface area contributed by atoms with E-state index in [1.807, 2.05) is 19.2 Å². The first-order valence-corrected chi connectivity index (χ1v) is 6.52. The molecular formula is C12H15FN4S. The average molecular weight is 266 g/mol. The molecule has 0 saturated heterocycles. The second-order valence-corrected chi connectivity index (χ2v) is 4.90. The Balaban J connectivity index is 2.05. The summed E-state index contributed by atoms with van der Waals surface area (Å²) in [5.74, 6) is 5.97. The first-order valence-electron chi connectivity index (χ1n) is 5.53. The third-order valence-electron chi connectivity index (χ3n) is 2.66. The van der Waals surface area contributed by atoms with Gasteiger partial charge in [0.1, 0.15) is 5.82 Å². The highest BCUT2D eigenvalue weighted by Crippen LogP contribution is 2.26. The molecule has 4 nitrogen and oxygen atoms in total. The highest BCUT2D eigenvalue weighted by molar-refractivity contribution is 7.99. The summed E-state index contributed by atoms with van der Waals surface area (Å²) in [5.41, 5.74) is 3.70. The molecule has 1 unspecified atom stereocenters. The molecule has 0 fully saturated rings. The summed E-state index contributed by atoms with van der Waals surface area (Å²) >= 11 is 1.43. The molecule has 18 heavy (non-hydrogen) atoms. The van der Waals surface area contributed by atoms with Gasteiger partial charge in [-0.25, -0.2) is 4.39 Å². The molecule has 1 atom stereocenters. The van der Waals surface area contributed by atoms with E-state index in [-0.39, 0.29) is 11.9 Å². The SMILES string of the molecule is Cn1nccc1C(CSc1ccccc1F)NN. The summed E-state index contributed by atoms with van der Waals surface area (Å²) in [4.78, 5) is 0.625. The lowest BCUT2D eigenvalue weighted by atomic mass is 10.2. The van der Waals surface area contributed by atoms with E-state index in [1.54, 1.807) is 23.0 Å². The van der Waals surface area contributed by atoms with Gasteiger partial charge in [-0.3, -0.25) is 16.0 Å². The van der Waals surface area contributed by atoms with Gasteiger partial charge in [-0.1, -0.05) is 12.1 Å². The van der Waals surface area contributed by atoms with Crippen LogP contribution in [0.1, 0.15) is 11.7 Å². The monoisotopic (exact) mass is 266 g/mol. The van der Waals surface area contributed by atoms with Crippen LogP contribution in [0.15, 0.2) is 41.4 Å². The van der Waals surface area contributed by atoms with Crippen LogP contribution in [0.2, 0.25) is 0 Å². The molecule has 2 rings (SSSR count). The topological polar surface area (TPSA) is 55.9 Å². The standard InChI is InChI=1S/C12H15FN4S/c1-17-11(6-7-15-17)10(16-14)8-18-12-5-3-2-4-9(12)13/h2-7,10,16H,8,14H2,1H3. The fourth-order valence-electron chi connectivity index (χ4n) is 1.68. The first-order chi connectivity index (χ1) is 8.72. The third kappa shape index (κ3) is 2.90. The van der Waals surface area contributed by atoms with Crippen molar-refractivity contribution in [3.05, 3.63) is 48.0 Å². The number of nitrogens with zero attached hydrogens (tertiary/aromatic N) is 2. The zero-order valence-corrected chi connectivity index (χ0v) is 10.8. The van der Waals surface area contributed by atoms with Gasteiger partial charge in [0.05, 0.1) is 11.7 Å². The molecule has 0 radical (unpaired) electrons. The maximum atomic E-state index is 13.5. The lowest BCUT2D eigenvalue weighted by Gasteiger charge is -2.15. The lowest BCUT2D eigenvalue weighted by molar-refractivity contribution is 0.553. The predicted molar refractivity (Wildman–Crippen MR) is 70.4 cm³/mol. The minimum atomic E-state index is -0.205. The number of nitrogens with one attached hydrogen (secondary N) is 1. The van der Waals surface area contributed by atoms with Crippen molar-refractivity contribution in [3.8, 4) is 0 Å². The summed E-state index contributed by atoms with van der Waals surface area (Å²) in [6.45, 7) is 0. The third-order valence-corrected chi connectivity index (χ3v) is 3.80. The fourth-order valence-corrected chi connectivity index (χ4v) is 2.67. The van der Waals surface area contributed by atoms with Gasteiger partial charge in [-0.15, -0.1) is 11.8 Å². The van der Waals surface area contributed by atoms with Crippen LogP contribution in [0.5, 0.6) is 0 Å². The van der Waals surface area contributed by atoms with Gasteiger partial charge >= 0.3 is 0 Å². The summed E-state index contributed by atoms with van der Waals surface area (Å²) in [5, 5.41) is 4.10. The van der Waals surface area contributed by atoms with Crippen molar-refractivity contribution in [2.75, 3.05) is 5.75 Å². The second-order valence-electron chi connectivity index (χ2n) is 3.84. The molecule has 0 aliphatic rings. The van der Waals surface area contributed by atoms with Crippen molar-refractivity contribution in [3.63, 3.8) is 0 Å². The van der Waals surface area contributed by atoms with E-state index in [1.165, 1.54) is 17.8 Å². The molecule has 96 valence electrons. The molecule has 0 bridgehead atoms. The van der Waals surface area contributed by atoms with Crippen LogP contribution >= 0.6 is 11.8 Å². The van der Waals surface area contributed by atoms with Gasteiger partial charge in [0.15, 0.2) is 0 Å². The van der Waals surface area contributed by atoms with Crippen molar-refractivity contribution in [2.24, 2.45) is 12.9 Å². The molecule has 1 heterocycles. The maximum Gasteiger partial charge on any atom is 0.136 e. The summed E-state index contributed by atoms with van der Waals surface area (Å²) in [7, 11) is 1.85. The van der Waals surface area contributed by atoms with E-state index in [4.69, 9.17) is 5.84 Å². The Hall–Kier alpha value is -1.37. The number of benzene rings is 1. The van der Waals surface area contributed by atoms with Crippen molar-refractivity contribution in [1.29, 1.82) is 0 Å². The van der Waals surface area contributed by atoms with E-state index < -0.39 is 0 Å². The second kappa shape index (κ2) is 5.99. The van der Waals surface area contributed by atoms with Crippen LogP contribution in [-0.4, -0.2) is 15.5 Å². The predicted octanol–water partition coefficient (Wildman–Crippen LogP) is 1.86. The summed E-state index contributed by atoms with van der Waals surface area (Å²) < 4.78 is 15.2. The zero-order valence-electron chi connectivity index (χ0n) is 10.0. The zero-order chi connectivity index (χ0) is 13.0. The molecule has 6 heteroatoms. The quantitative estimate of drug-likeness (QED) is 0.493. The summed E-state index contributed by atoms with van der Waals surface area (Å²) in [6.07, 6.45) is 1.72. The van der Waals surface area contributed by atoms with Crippen LogP contribution in [0.4, 0.5) is 4.39 Å². The molecule has 1 aromatic carbocycles. The molecule has 3 N–H and O–H groups in total. The average Bonchev–Trinajstić information content (AvgIpc) is 2.79. The molecule has 1 aromatic heterocycles. The Labute approximate surface area is 109 Å². The number of aryl methyl sites for hydroxylation is 1. The largest absolute Gasteiger partial charge is 0.271 e. The number of thioether (sulfide) groups is 1. The molecule has 0 aliphatic heterocycles. The Bertz CT molecular complexity index is 514. The normalized spacial score (nSPS) is 12.6. The van der Waals surface area contributed by atoms with Gasteiger partial charge in [0.25, 0.3) is 0 Å². The van der Waals surface area contributed by atoms with E-state index >= 15 is 0 Å². The van der Waals surface area contributed by atoms with Gasteiger partial charge in [-0.2, -0.15) is 5.10 Å². The van der Waals surface area contributed by atoms with Gasteiger partial charge in [0.2, 0.25) is 0 Å². The summed E-state index contributed by atoms with van der Waals surface area (Å²) in [6, 6.07) is 8.54. The Morgan fingerprint density at radius 3 is 2.83 bits per heavy atom. The van der Waals surface area contributed by atoms with Gasteiger partial charge in [-0.05, 0) is 18.2 Å². The molecule has 0 spiro atoms. The van der Waals surface area contributed by atoms with Crippen molar-refractivity contribution >= 4 is 11.8 Å². The Morgan fingerprint density at radius 2 is 2.22 bits per heavy atom. The van der Waals surface area contributed by atoms with Crippen LogP contribution in [0.3, 0.4) is 0 Å². The van der Waals surface area contributed by atoms with Crippen molar-refractivity contribution < 1.29 is 4.39 Å². The maximum absolute atomic E-state index is 13.5. The number of hydrogen-bond donors (Lipinski definition) is 2. The molecule has 0 saturated carbocycles. The van der Waals surface area contributed by atoms with Gasteiger partial charge in [0, 0.05) is 23.9 Å². The van der Waals surface area contributed by atoms with Gasteiger partial charge < -0.3 is 0 Å². The van der Waals surface area contributed by atoms with Crippen LogP contribution in [-0.2, 0) is 7.05 Å². The highest BCUT2D eigenvalue weighted by Gasteiger charge is 2.14. The smallest absolute Gasteiger partial charge is 0.136 e. The Morgan fingerprint density at radius 1 is 1.44 bits per heavy atom. The van der Waals surface area contributed by atoms with Crippen LogP contribution in [0, 0.1) is 5.82 Å². The van der Waals surface area contributed by atoms with Crippen molar-refractivity contribution in [1.82, 2.24) is 15.2 Å². The van der Waals surface area contributed by atoms with E-state index in [0.717, 1.165) is 5.69 Å². The van der Waals surface area contributed by atoms with E-state index in [2.05, 4.69) is 10.5 Å². The molecule has 2 aromatic rings. The number of rotatable bonds is 5. The highest BCUT2D eigenvalue weighted by atomic mass is 32.2. The number of aromatic nitrogens is 2. The fraction of sp³-hybridized carbons (Fsp3) is 0.250. The molecule has 0 aliphatic carbocycles. The van der Waals surface area contributed by atoms with E-state index in [9.17, 15) is 4.39 Å². The molecular weight excluding hydrogens is 251 g/mol. The Kier molecular flexibility index (Phi) is 4.35. The minimum absolute atomic E-state index is 0.0675. The minimum Gasteiger partial charge on any atom is -0.271 e. The van der Waals surface area contributed by atoms with Crippen LogP contribution in [0.25, 0.3) is 0 Å². The van der Waals surface area contributed by atoms with Crippen molar-refractivity contribution in [2.45, 2.75) is 10.9 Å². The molecule has 0 amide bonds. The number of halogens is 1. The number of hydrogen-bond acceptors (Lipinski definition) is 4. The lowest BCUT2D eigenvalue weighted by Crippen LogP contribution is -2.31. The first kappa shape index (κ1) is 13.1. The number of nitrogens with two attached hydrogens (primary N) is 1. The van der Waals surface area contributed by atoms with Crippen LogP contribution < -0.4 is 11.3 Å².